The van der Waals surface area contributed by atoms with E-state index in [0.29, 0.717) is 11.3 Å². The van der Waals surface area contributed by atoms with Crippen LogP contribution in [0.15, 0.2) is 28.8 Å². The largest absolute Gasteiger partial charge is 0.356 e. The van der Waals surface area contributed by atoms with E-state index in [-0.39, 0.29) is 5.75 Å². The molecule has 0 saturated carbocycles. The fourth-order valence-corrected chi connectivity index (χ4v) is 3.30. The Kier molecular flexibility index (Phi) is 3.16. The minimum absolute atomic E-state index is 0.179. The summed E-state index contributed by atoms with van der Waals surface area (Å²) in [7, 11) is -3.43. The summed E-state index contributed by atoms with van der Waals surface area (Å²) in [5, 5.41) is 4.55. The summed E-state index contributed by atoms with van der Waals surface area (Å²) in [6.07, 6.45) is 0. The number of rotatable bonds is 3. The molecule has 2 rings (SSSR count). The number of hydrogen-bond acceptors (Lipinski definition) is 4. The lowest BCUT2D eigenvalue weighted by molar-refractivity contribution is 0.447. The molecule has 1 aromatic heterocycles. The predicted molar refractivity (Wildman–Crippen MR) is 69.5 cm³/mol. The van der Waals surface area contributed by atoms with Crippen molar-refractivity contribution < 1.29 is 12.9 Å². The Hall–Kier alpha value is -1.40. The number of para-hydroxylation sites is 1. The van der Waals surface area contributed by atoms with E-state index in [2.05, 4.69) is 9.88 Å². The van der Waals surface area contributed by atoms with Crippen molar-refractivity contribution in [3.8, 4) is 0 Å². The molecule has 0 amide bonds. The van der Waals surface area contributed by atoms with Crippen LogP contribution in [0.3, 0.4) is 0 Å². The number of nitrogens with one attached hydrogen (secondary N) is 1. The van der Waals surface area contributed by atoms with E-state index in [1.165, 1.54) is 0 Å². The fraction of sp³-hybridized carbons (Fsp3) is 0.417. The van der Waals surface area contributed by atoms with Crippen molar-refractivity contribution in [3.05, 3.63) is 30.0 Å². The number of hydrogen-bond donors (Lipinski definition) is 1. The average molecular weight is 268 g/mol. The second-order valence-corrected chi connectivity index (χ2v) is 6.96. The summed E-state index contributed by atoms with van der Waals surface area (Å²) >= 11 is 0. The van der Waals surface area contributed by atoms with Crippen LogP contribution in [0.4, 0.5) is 0 Å². The fourth-order valence-electron chi connectivity index (χ4n) is 1.72. The van der Waals surface area contributed by atoms with Crippen LogP contribution in [0.2, 0.25) is 0 Å². The Balaban J connectivity index is 2.29. The first-order valence-corrected chi connectivity index (χ1v) is 7.27. The van der Waals surface area contributed by atoms with Gasteiger partial charge < -0.3 is 4.52 Å². The van der Waals surface area contributed by atoms with E-state index in [1.807, 2.05) is 12.1 Å². The molecular weight excluding hydrogens is 252 g/mol. The highest BCUT2D eigenvalue weighted by Gasteiger charge is 2.22. The van der Waals surface area contributed by atoms with Crippen LogP contribution in [-0.4, -0.2) is 19.1 Å². The van der Waals surface area contributed by atoms with Gasteiger partial charge in [0.25, 0.3) is 0 Å². The van der Waals surface area contributed by atoms with Gasteiger partial charge in [0.1, 0.15) is 11.4 Å². The molecule has 6 heteroatoms. The summed E-state index contributed by atoms with van der Waals surface area (Å²) in [6, 6.07) is 7.20. The molecule has 0 aliphatic carbocycles. The second-order valence-electron chi connectivity index (χ2n) is 5.24. The van der Waals surface area contributed by atoms with E-state index in [0.717, 1.165) is 5.39 Å². The van der Waals surface area contributed by atoms with Crippen LogP contribution in [0.25, 0.3) is 11.0 Å². The highest BCUT2D eigenvalue weighted by Crippen LogP contribution is 2.19. The third-order valence-corrected chi connectivity index (χ3v) is 3.82. The minimum atomic E-state index is -3.43. The lowest BCUT2D eigenvalue weighted by atomic mass is 10.1. The van der Waals surface area contributed by atoms with Crippen molar-refractivity contribution >= 4 is 21.0 Å². The molecule has 0 saturated heterocycles. The molecule has 5 nitrogen and oxygen atoms in total. The number of aromatic nitrogens is 1. The van der Waals surface area contributed by atoms with Gasteiger partial charge in [0.2, 0.25) is 10.0 Å². The van der Waals surface area contributed by atoms with Crippen LogP contribution in [-0.2, 0) is 15.8 Å². The highest BCUT2D eigenvalue weighted by molar-refractivity contribution is 7.88. The first-order valence-electron chi connectivity index (χ1n) is 5.62. The Morgan fingerprint density at radius 3 is 2.61 bits per heavy atom. The van der Waals surface area contributed by atoms with Crippen molar-refractivity contribution in [1.82, 2.24) is 9.88 Å². The number of benzene rings is 1. The molecule has 0 aliphatic heterocycles. The standard InChI is InChI=1S/C12H16N2O3S/c1-12(2,3)14-18(15,16)8-10-9-6-4-5-7-11(9)17-13-10/h4-7,14H,8H2,1-3H3. The van der Waals surface area contributed by atoms with Crippen molar-refractivity contribution in [2.75, 3.05) is 0 Å². The first kappa shape index (κ1) is 13.0. The van der Waals surface area contributed by atoms with Crippen LogP contribution >= 0.6 is 0 Å². The van der Waals surface area contributed by atoms with Gasteiger partial charge in [-0.3, -0.25) is 0 Å². The second kappa shape index (κ2) is 4.37. The van der Waals surface area contributed by atoms with Crippen molar-refractivity contribution in [1.29, 1.82) is 0 Å². The third-order valence-electron chi connectivity index (χ3n) is 2.24. The van der Waals surface area contributed by atoms with Gasteiger partial charge in [0.15, 0.2) is 5.58 Å². The van der Waals surface area contributed by atoms with Crippen molar-refractivity contribution in [3.63, 3.8) is 0 Å². The summed E-state index contributed by atoms with van der Waals surface area (Å²) < 4.78 is 31.6. The van der Waals surface area contributed by atoms with Crippen LogP contribution in [0.1, 0.15) is 26.5 Å². The maximum atomic E-state index is 12.0. The molecule has 0 bridgehead atoms. The zero-order valence-electron chi connectivity index (χ0n) is 10.6. The molecule has 1 heterocycles. The van der Waals surface area contributed by atoms with Crippen molar-refractivity contribution in [2.24, 2.45) is 0 Å². The van der Waals surface area contributed by atoms with Gasteiger partial charge in [-0.15, -0.1) is 0 Å². The van der Waals surface area contributed by atoms with E-state index >= 15 is 0 Å². The zero-order chi connectivity index (χ0) is 13.4. The van der Waals surface area contributed by atoms with Crippen LogP contribution < -0.4 is 4.72 Å². The van der Waals surface area contributed by atoms with Gasteiger partial charge in [0.05, 0.1) is 0 Å². The molecule has 0 radical (unpaired) electrons. The molecule has 0 fully saturated rings. The normalized spacial score (nSPS) is 13.1. The molecule has 0 unspecified atom stereocenters. The molecule has 0 aliphatic rings. The maximum Gasteiger partial charge on any atom is 0.217 e. The topological polar surface area (TPSA) is 72.2 Å². The molecular formula is C12H16N2O3S. The zero-order valence-corrected chi connectivity index (χ0v) is 11.4. The Labute approximate surface area is 106 Å². The molecule has 0 atom stereocenters. The van der Waals surface area contributed by atoms with E-state index in [9.17, 15) is 8.42 Å². The quantitative estimate of drug-likeness (QED) is 0.924. The van der Waals surface area contributed by atoms with E-state index < -0.39 is 15.6 Å². The molecule has 0 spiro atoms. The highest BCUT2D eigenvalue weighted by atomic mass is 32.2. The Bertz CT molecular complexity index is 653. The lowest BCUT2D eigenvalue weighted by Crippen LogP contribution is -2.41. The van der Waals surface area contributed by atoms with Gasteiger partial charge in [-0.1, -0.05) is 17.3 Å². The third kappa shape index (κ3) is 3.08. The summed E-state index contributed by atoms with van der Waals surface area (Å²) in [6.45, 7) is 5.39. The average Bonchev–Trinajstić information content (AvgIpc) is 2.57. The van der Waals surface area contributed by atoms with Gasteiger partial charge >= 0.3 is 0 Å². The Morgan fingerprint density at radius 1 is 1.28 bits per heavy atom. The van der Waals surface area contributed by atoms with E-state index in [4.69, 9.17) is 4.52 Å². The van der Waals surface area contributed by atoms with Gasteiger partial charge in [0, 0.05) is 10.9 Å². The van der Waals surface area contributed by atoms with Crippen molar-refractivity contribution in [2.45, 2.75) is 32.1 Å². The monoisotopic (exact) mass is 268 g/mol. The predicted octanol–water partition coefficient (Wildman–Crippen LogP) is 2.05. The summed E-state index contributed by atoms with van der Waals surface area (Å²) in [4.78, 5) is 0. The summed E-state index contributed by atoms with van der Waals surface area (Å²) in [5.74, 6) is -0.179. The molecule has 1 N–H and O–H groups in total. The smallest absolute Gasteiger partial charge is 0.217 e. The van der Waals surface area contributed by atoms with E-state index in [1.54, 1.807) is 32.9 Å². The number of sulfonamides is 1. The van der Waals surface area contributed by atoms with Gasteiger partial charge in [-0.2, -0.15) is 0 Å². The van der Waals surface area contributed by atoms with Crippen LogP contribution in [0, 0.1) is 0 Å². The summed E-state index contributed by atoms with van der Waals surface area (Å²) in [5.41, 5.74) is 0.527. The first-order chi connectivity index (χ1) is 8.27. The number of fused-ring (bicyclic) bond motifs is 1. The lowest BCUT2D eigenvalue weighted by Gasteiger charge is -2.19. The SMILES string of the molecule is CC(C)(C)NS(=O)(=O)Cc1noc2ccccc12. The molecule has 2 aromatic rings. The molecule has 18 heavy (non-hydrogen) atoms. The van der Waals surface area contributed by atoms with Gasteiger partial charge in [-0.05, 0) is 32.9 Å². The maximum absolute atomic E-state index is 12.0. The minimum Gasteiger partial charge on any atom is -0.356 e. The molecule has 1 aromatic carbocycles. The van der Waals surface area contributed by atoms with Crippen LogP contribution in [0.5, 0.6) is 0 Å². The molecule has 98 valence electrons. The Morgan fingerprint density at radius 2 is 1.94 bits per heavy atom. The van der Waals surface area contributed by atoms with Gasteiger partial charge in [-0.25, -0.2) is 13.1 Å². The number of nitrogens with zero attached hydrogens (tertiary/aromatic N) is 1.